The first-order valence-electron chi connectivity index (χ1n) is 6.61. The van der Waals surface area contributed by atoms with Crippen molar-refractivity contribution in [1.29, 1.82) is 0 Å². The van der Waals surface area contributed by atoms with E-state index in [-0.39, 0.29) is 5.96 Å². The highest BCUT2D eigenvalue weighted by Crippen LogP contribution is 2.18. The summed E-state index contributed by atoms with van der Waals surface area (Å²) in [6.45, 7) is 8.64. The van der Waals surface area contributed by atoms with Gasteiger partial charge in [0.1, 0.15) is 5.82 Å². The fourth-order valence-electron chi connectivity index (χ4n) is 2.25. The van der Waals surface area contributed by atoms with Gasteiger partial charge in [-0.05, 0) is 26.0 Å². The molecule has 1 saturated heterocycles. The predicted octanol–water partition coefficient (Wildman–Crippen LogP) is 0.517. The highest BCUT2D eigenvalue weighted by atomic mass is 15.3. The van der Waals surface area contributed by atoms with E-state index >= 15 is 0 Å². The Morgan fingerprint density at radius 2 is 1.89 bits per heavy atom. The Balaban J connectivity index is 1.98. The maximum Gasteiger partial charge on any atom is 0.191 e. The van der Waals surface area contributed by atoms with E-state index < -0.39 is 0 Å². The first kappa shape index (κ1) is 13.6. The SMILES string of the molecule is CC(C)N1CCN(c2ccc(N=C(N)N)cn2)CC1. The minimum absolute atomic E-state index is 0.0556. The standard InChI is InChI=1S/C13H22N6/c1-10(2)18-5-7-19(8-6-18)12-4-3-11(9-16-12)17-13(14)15/h3-4,9-10H,5-8H2,1-2H3,(H4,14,15,17). The molecule has 4 N–H and O–H groups in total. The molecule has 2 heterocycles. The third-order valence-electron chi connectivity index (χ3n) is 3.36. The van der Waals surface area contributed by atoms with Crippen molar-refractivity contribution < 1.29 is 0 Å². The molecule has 2 rings (SSSR count). The van der Waals surface area contributed by atoms with Crippen LogP contribution in [0.4, 0.5) is 11.5 Å². The number of hydrogen-bond acceptors (Lipinski definition) is 4. The lowest BCUT2D eigenvalue weighted by molar-refractivity contribution is 0.209. The number of anilines is 1. The van der Waals surface area contributed by atoms with Gasteiger partial charge in [-0.15, -0.1) is 0 Å². The van der Waals surface area contributed by atoms with Crippen LogP contribution in [0.2, 0.25) is 0 Å². The Hall–Kier alpha value is -1.82. The Labute approximate surface area is 114 Å². The van der Waals surface area contributed by atoms with Crippen LogP contribution >= 0.6 is 0 Å². The summed E-state index contributed by atoms with van der Waals surface area (Å²) >= 11 is 0. The molecule has 6 nitrogen and oxygen atoms in total. The number of rotatable bonds is 3. The molecule has 1 fully saturated rings. The molecule has 1 aromatic heterocycles. The molecule has 1 aliphatic rings. The van der Waals surface area contributed by atoms with Crippen LogP contribution in [-0.2, 0) is 0 Å². The number of pyridine rings is 1. The second-order valence-electron chi connectivity index (χ2n) is 5.03. The van der Waals surface area contributed by atoms with E-state index in [1.165, 1.54) is 0 Å². The van der Waals surface area contributed by atoms with Crippen molar-refractivity contribution >= 4 is 17.5 Å². The zero-order valence-electron chi connectivity index (χ0n) is 11.6. The second-order valence-corrected chi connectivity index (χ2v) is 5.03. The van der Waals surface area contributed by atoms with E-state index in [4.69, 9.17) is 11.5 Å². The molecule has 104 valence electrons. The van der Waals surface area contributed by atoms with Crippen molar-refractivity contribution in [3.8, 4) is 0 Å². The van der Waals surface area contributed by atoms with Crippen molar-refractivity contribution in [2.75, 3.05) is 31.1 Å². The van der Waals surface area contributed by atoms with Gasteiger partial charge >= 0.3 is 0 Å². The lowest BCUT2D eigenvalue weighted by Crippen LogP contribution is -2.49. The van der Waals surface area contributed by atoms with Crippen molar-refractivity contribution in [2.24, 2.45) is 16.5 Å². The average Bonchev–Trinajstić information content (AvgIpc) is 2.39. The van der Waals surface area contributed by atoms with Gasteiger partial charge in [-0.3, -0.25) is 4.90 Å². The fourth-order valence-corrected chi connectivity index (χ4v) is 2.25. The zero-order valence-corrected chi connectivity index (χ0v) is 11.6. The Bertz CT molecular complexity index is 427. The molecular weight excluding hydrogens is 240 g/mol. The summed E-state index contributed by atoms with van der Waals surface area (Å²) in [5.41, 5.74) is 11.4. The van der Waals surface area contributed by atoms with Crippen LogP contribution in [0, 0.1) is 0 Å². The van der Waals surface area contributed by atoms with Crippen molar-refractivity contribution in [3.63, 3.8) is 0 Å². The van der Waals surface area contributed by atoms with E-state index in [1.807, 2.05) is 12.1 Å². The molecule has 0 amide bonds. The first-order chi connectivity index (χ1) is 9.06. The lowest BCUT2D eigenvalue weighted by Gasteiger charge is -2.37. The summed E-state index contributed by atoms with van der Waals surface area (Å²) in [7, 11) is 0. The summed E-state index contributed by atoms with van der Waals surface area (Å²) in [6.07, 6.45) is 1.70. The smallest absolute Gasteiger partial charge is 0.191 e. The molecule has 6 heteroatoms. The monoisotopic (exact) mass is 262 g/mol. The minimum atomic E-state index is 0.0556. The van der Waals surface area contributed by atoms with E-state index in [0.29, 0.717) is 11.7 Å². The fraction of sp³-hybridized carbons (Fsp3) is 0.538. The number of guanidine groups is 1. The Kier molecular flexibility index (Phi) is 4.21. The molecule has 0 atom stereocenters. The van der Waals surface area contributed by atoms with E-state index in [2.05, 4.69) is 33.6 Å². The number of aromatic nitrogens is 1. The molecular formula is C13H22N6. The van der Waals surface area contributed by atoms with E-state index in [1.54, 1.807) is 6.20 Å². The second kappa shape index (κ2) is 5.88. The predicted molar refractivity (Wildman–Crippen MR) is 78.6 cm³/mol. The summed E-state index contributed by atoms with van der Waals surface area (Å²) < 4.78 is 0. The maximum atomic E-state index is 5.33. The number of hydrogen-bond donors (Lipinski definition) is 2. The van der Waals surface area contributed by atoms with Crippen LogP contribution in [0.25, 0.3) is 0 Å². The third-order valence-corrected chi connectivity index (χ3v) is 3.36. The lowest BCUT2D eigenvalue weighted by atomic mass is 10.2. The van der Waals surface area contributed by atoms with Gasteiger partial charge in [0, 0.05) is 32.2 Å². The molecule has 0 saturated carbocycles. The van der Waals surface area contributed by atoms with Crippen LogP contribution in [0.3, 0.4) is 0 Å². The highest BCUT2D eigenvalue weighted by molar-refractivity contribution is 5.78. The molecule has 0 radical (unpaired) electrons. The topological polar surface area (TPSA) is 83.8 Å². The molecule has 0 bridgehead atoms. The molecule has 19 heavy (non-hydrogen) atoms. The van der Waals surface area contributed by atoms with Gasteiger partial charge in [-0.1, -0.05) is 0 Å². The molecule has 0 unspecified atom stereocenters. The first-order valence-corrected chi connectivity index (χ1v) is 6.61. The van der Waals surface area contributed by atoms with Gasteiger partial charge in [0.2, 0.25) is 0 Å². The van der Waals surface area contributed by atoms with Gasteiger partial charge in [0.15, 0.2) is 5.96 Å². The largest absolute Gasteiger partial charge is 0.370 e. The third kappa shape index (κ3) is 3.57. The molecule has 1 aliphatic heterocycles. The maximum absolute atomic E-state index is 5.33. The Morgan fingerprint density at radius 1 is 1.21 bits per heavy atom. The van der Waals surface area contributed by atoms with Crippen LogP contribution in [0.1, 0.15) is 13.8 Å². The van der Waals surface area contributed by atoms with Crippen LogP contribution < -0.4 is 16.4 Å². The number of piperazine rings is 1. The van der Waals surface area contributed by atoms with E-state index in [0.717, 1.165) is 32.0 Å². The van der Waals surface area contributed by atoms with E-state index in [9.17, 15) is 0 Å². The van der Waals surface area contributed by atoms with Crippen molar-refractivity contribution in [1.82, 2.24) is 9.88 Å². The zero-order chi connectivity index (χ0) is 13.8. The van der Waals surface area contributed by atoms with Gasteiger partial charge in [0.05, 0.1) is 11.9 Å². The van der Waals surface area contributed by atoms with Crippen LogP contribution in [0.15, 0.2) is 23.3 Å². The average molecular weight is 262 g/mol. The molecule has 1 aromatic rings. The van der Waals surface area contributed by atoms with Gasteiger partial charge in [0.25, 0.3) is 0 Å². The summed E-state index contributed by atoms with van der Waals surface area (Å²) in [6, 6.07) is 4.46. The summed E-state index contributed by atoms with van der Waals surface area (Å²) in [4.78, 5) is 13.1. The molecule has 0 aromatic carbocycles. The molecule has 0 spiro atoms. The van der Waals surface area contributed by atoms with Crippen LogP contribution in [0.5, 0.6) is 0 Å². The number of nitrogens with two attached hydrogens (primary N) is 2. The normalized spacial score (nSPS) is 16.7. The quantitative estimate of drug-likeness (QED) is 0.613. The van der Waals surface area contributed by atoms with Gasteiger partial charge in [-0.25, -0.2) is 9.98 Å². The minimum Gasteiger partial charge on any atom is -0.370 e. The van der Waals surface area contributed by atoms with Crippen molar-refractivity contribution in [2.45, 2.75) is 19.9 Å². The number of aliphatic imine (C=N–C) groups is 1. The van der Waals surface area contributed by atoms with Gasteiger partial charge < -0.3 is 16.4 Å². The summed E-state index contributed by atoms with van der Waals surface area (Å²) in [5, 5.41) is 0. The Morgan fingerprint density at radius 3 is 2.37 bits per heavy atom. The van der Waals surface area contributed by atoms with Crippen molar-refractivity contribution in [3.05, 3.63) is 18.3 Å². The molecule has 0 aliphatic carbocycles. The number of nitrogens with zero attached hydrogens (tertiary/aromatic N) is 4. The highest BCUT2D eigenvalue weighted by Gasteiger charge is 2.19. The van der Waals surface area contributed by atoms with Crippen LogP contribution in [-0.4, -0.2) is 48.1 Å². The van der Waals surface area contributed by atoms with Gasteiger partial charge in [-0.2, -0.15) is 0 Å². The summed E-state index contributed by atoms with van der Waals surface area (Å²) in [5.74, 6) is 1.04.